The Bertz CT molecular complexity index is 577. The molecule has 0 radical (unpaired) electrons. The molecule has 90 valence electrons. The van der Waals surface area contributed by atoms with E-state index in [1.54, 1.807) is 12.1 Å². The Morgan fingerprint density at radius 1 is 1.24 bits per heavy atom. The zero-order valence-corrected chi connectivity index (χ0v) is 9.50. The smallest absolute Gasteiger partial charge is 0.251 e. The van der Waals surface area contributed by atoms with Crippen LogP contribution in [0.25, 0.3) is 10.9 Å². The van der Waals surface area contributed by atoms with E-state index >= 15 is 0 Å². The van der Waals surface area contributed by atoms with Crippen LogP contribution < -0.4 is 11.3 Å². The molecule has 0 fully saturated rings. The van der Waals surface area contributed by atoms with Gasteiger partial charge in [0.25, 0.3) is 5.56 Å². The third-order valence-corrected chi connectivity index (χ3v) is 2.78. The summed E-state index contributed by atoms with van der Waals surface area (Å²) in [6.45, 7) is 0.625. The minimum Gasteiger partial charge on any atom is -0.330 e. The number of aryl methyl sites for hydroxylation is 1. The third kappa shape index (κ3) is 2.71. The summed E-state index contributed by atoms with van der Waals surface area (Å²) in [5.41, 5.74) is 6.67. The van der Waals surface area contributed by atoms with Crippen LogP contribution in [0.2, 0.25) is 0 Å². The predicted molar refractivity (Wildman–Crippen MR) is 66.5 cm³/mol. The number of hydrogen-bond acceptors (Lipinski definition) is 2. The van der Waals surface area contributed by atoms with Crippen LogP contribution in [0.1, 0.15) is 18.4 Å². The zero-order valence-electron chi connectivity index (χ0n) is 9.50. The molecule has 1 aromatic carbocycles. The van der Waals surface area contributed by atoms with Gasteiger partial charge in [-0.05, 0) is 50.1 Å². The number of aromatic nitrogens is 1. The van der Waals surface area contributed by atoms with E-state index in [0.717, 1.165) is 18.2 Å². The third-order valence-electron chi connectivity index (χ3n) is 2.78. The van der Waals surface area contributed by atoms with Crippen molar-refractivity contribution in [3.8, 4) is 0 Å². The zero-order chi connectivity index (χ0) is 12.3. The number of rotatable bonds is 4. The highest BCUT2D eigenvalue weighted by atomic mass is 19.1. The van der Waals surface area contributed by atoms with Crippen LogP contribution in [0.3, 0.4) is 0 Å². The molecule has 4 heteroatoms. The van der Waals surface area contributed by atoms with Gasteiger partial charge in [0.1, 0.15) is 5.82 Å². The van der Waals surface area contributed by atoms with Crippen molar-refractivity contribution in [2.24, 2.45) is 5.73 Å². The van der Waals surface area contributed by atoms with E-state index in [1.807, 2.05) is 0 Å². The van der Waals surface area contributed by atoms with E-state index in [9.17, 15) is 9.18 Å². The minimum absolute atomic E-state index is 0.0962. The second kappa shape index (κ2) is 5.10. The Kier molecular flexibility index (Phi) is 3.54. The first-order valence-corrected chi connectivity index (χ1v) is 5.72. The molecule has 0 saturated carbocycles. The highest BCUT2D eigenvalue weighted by molar-refractivity contribution is 5.78. The summed E-state index contributed by atoms with van der Waals surface area (Å²) >= 11 is 0. The van der Waals surface area contributed by atoms with E-state index in [2.05, 4.69) is 4.98 Å². The van der Waals surface area contributed by atoms with E-state index in [4.69, 9.17) is 5.73 Å². The Hall–Kier alpha value is -1.68. The lowest BCUT2D eigenvalue weighted by Crippen LogP contribution is -2.12. The van der Waals surface area contributed by atoms with Gasteiger partial charge >= 0.3 is 0 Å². The summed E-state index contributed by atoms with van der Waals surface area (Å²) in [6.07, 6.45) is 2.44. The van der Waals surface area contributed by atoms with Gasteiger partial charge in [-0.2, -0.15) is 0 Å². The molecule has 0 spiro atoms. The summed E-state index contributed by atoms with van der Waals surface area (Å²) in [5, 5.41) is 0.729. The summed E-state index contributed by atoms with van der Waals surface area (Å²) in [4.78, 5) is 14.5. The number of halogens is 1. The van der Waals surface area contributed by atoms with Crippen molar-refractivity contribution in [3.05, 3.63) is 46.0 Å². The van der Waals surface area contributed by atoms with Crippen molar-refractivity contribution in [1.29, 1.82) is 0 Å². The van der Waals surface area contributed by atoms with Crippen LogP contribution in [0.15, 0.2) is 29.1 Å². The largest absolute Gasteiger partial charge is 0.330 e. The molecule has 0 aliphatic carbocycles. The second-order valence-corrected chi connectivity index (χ2v) is 4.10. The number of aromatic amines is 1. The first-order valence-electron chi connectivity index (χ1n) is 5.72. The topological polar surface area (TPSA) is 58.9 Å². The van der Waals surface area contributed by atoms with Gasteiger partial charge in [0, 0.05) is 16.5 Å². The molecule has 2 rings (SSSR count). The SMILES string of the molecule is NCCCCc1cc2cc(F)ccc2[nH]c1=O. The molecule has 0 atom stereocenters. The van der Waals surface area contributed by atoms with Gasteiger partial charge in [0.2, 0.25) is 0 Å². The van der Waals surface area contributed by atoms with Gasteiger partial charge in [-0.3, -0.25) is 4.79 Å². The van der Waals surface area contributed by atoms with Crippen molar-refractivity contribution in [2.75, 3.05) is 6.54 Å². The maximum atomic E-state index is 13.1. The molecule has 1 aromatic heterocycles. The average molecular weight is 234 g/mol. The molecular weight excluding hydrogens is 219 g/mol. The summed E-state index contributed by atoms with van der Waals surface area (Å²) in [7, 11) is 0. The van der Waals surface area contributed by atoms with Crippen LogP contribution in [0.5, 0.6) is 0 Å². The molecule has 0 amide bonds. The second-order valence-electron chi connectivity index (χ2n) is 4.10. The van der Waals surface area contributed by atoms with Crippen LogP contribution >= 0.6 is 0 Å². The van der Waals surface area contributed by atoms with E-state index in [-0.39, 0.29) is 11.4 Å². The lowest BCUT2D eigenvalue weighted by atomic mass is 10.1. The van der Waals surface area contributed by atoms with Crippen LogP contribution in [-0.4, -0.2) is 11.5 Å². The minimum atomic E-state index is -0.294. The van der Waals surface area contributed by atoms with Crippen molar-refractivity contribution in [3.63, 3.8) is 0 Å². The lowest BCUT2D eigenvalue weighted by molar-refractivity contribution is 0.629. The van der Waals surface area contributed by atoms with Crippen molar-refractivity contribution < 1.29 is 4.39 Å². The van der Waals surface area contributed by atoms with Gasteiger partial charge in [-0.1, -0.05) is 0 Å². The van der Waals surface area contributed by atoms with E-state index < -0.39 is 0 Å². The van der Waals surface area contributed by atoms with Gasteiger partial charge in [0.15, 0.2) is 0 Å². The highest BCUT2D eigenvalue weighted by Gasteiger charge is 2.03. The molecule has 17 heavy (non-hydrogen) atoms. The predicted octanol–water partition coefficient (Wildman–Crippen LogP) is 1.95. The first kappa shape index (κ1) is 11.8. The normalized spacial score (nSPS) is 10.9. The number of pyridine rings is 1. The molecule has 0 aliphatic rings. The molecule has 2 aromatic rings. The van der Waals surface area contributed by atoms with Crippen LogP contribution in [0.4, 0.5) is 4.39 Å². The van der Waals surface area contributed by atoms with Gasteiger partial charge < -0.3 is 10.7 Å². The Labute approximate surface area is 98.5 Å². The standard InChI is InChI=1S/C13H15FN2O/c14-11-4-5-12-10(8-11)7-9(13(17)16-12)3-1-2-6-15/h4-5,7-8H,1-3,6,15H2,(H,16,17). The Balaban J connectivity index is 2.36. The maximum absolute atomic E-state index is 13.1. The molecule has 3 nitrogen and oxygen atoms in total. The van der Waals surface area contributed by atoms with E-state index in [0.29, 0.717) is 24.0 Å². The van der Waals surface area contributed by atoms with E-state index in [1.165, 1.54) is 12.1 Å². The van der Waals surface area contributed by atoms with Gasteiger partial charge in [0.05, 0.1) is 0 Å². The van der Waals surface area contributed by atoms with Crippen LogP contribution in [-0.2, 0) is 6.42 Å². The molecule has 1 heterocycles. The number of fused-ring (bicyclic) bond motifs is 1. The number of H-pyrrole nitrogens is 1. The Morgan fingerprint density at radius 3 is 2.82 bits per heavy atom. The molecule has 0 bridgehead atoms. The highest BCUT2D eigenvalue weighted by Crippen LogP contribution is 2.13. The number of nitrogens with two attached hydrogens (primary N) is 1. The van der Waals surface area contributed by atoms with Gasteiger partial charge in [-0.25, -0.2) is 4.39 Å². The molecule has 3 N–H and O–H groups in total. The van der Waals surface area contributed by atoms with Gasteiger partial charge in [-0.15, -0.1) is 0 Å². The monoisotopic (exact) mass is 234 g/mol. The number of unbranched alkanes of at least 4 members (excludes halogenated alkanes) is 1. The lowest BCUT2D eigenvalue weighted by Gasteiger charge is -2.03. The van der Waals surface area contributed by atoms with Crippen molar-refractivity contribution in [2.45, 2.75) is 19.3 Å². The number of hydrogen-bond donors (Lipinski definition) is 2. The maximum Gasteiger partial charge on any atom is 0.251 e. The number of nitrogens with one attached hydrogen (secondary N) is 1. The first-order chi connectivity index (χ1) is 8.20. The Morgan fingerprint density at radius 2 is 2.06 bits per heavy atom. The molecule has 0 saturated heterocycles. The molecular formula is C13H15FN2O. The summed E-state index contributed by atoms with van der Waals surface area (Å²) in [5.74, 6) is -0.294. The molecule has 0 aliphatic heterocycles. The average Bonchev–Trinajstić information content (AvgIpc) is 2.31. The molecule has 0 unspecified atom stereocenters. The fourth-order valence-corrected chi connectivity index (χ4v) is 1.87. The fourth-order valence-electron chi connectivity index (χ4n) is 1.87. The summed E-state index contributed by atoms with van der Waals surface area (Å²) in [6, 6.07) is 6.10. The van der Waals surface area contributed by atoms with Crippen molar-refractivity contribution >= 4 is 10.9 Å². The number of benzene rings is 1. The quantitative estimate of drug-likeness (QED) is 0.794. The van der Waals surface area contributed by atoms with Crippen LogP contribution in [0, 0.1) is 5.82 Å². The fraction of sp³-hybridized carbons (Fsp3) is 0.308. The van der Waals surface area contributed by atoms with Crippen molar-refractivity contribution in [1.82, 2.24) is 4.98 Å². The summed E-state index contributed by atoms with van der Waals surface area (Å²) < 4.78 is 13.1.